The van der Waals surface area contributed by atoms with Gasteiger partial charge in [-0.25, -0.2) is 0 Å². The first-order chi connectivity index (χ1) is 9.97. The minimum atomic E-state index is 0.264. The molecule has 1 heterocycles. The molecule has 0 amide bonds. The normalized spacial score (nSPS) is 12.5. The van der Waals surface area contributed by atoms with Gasteiger partial charge in [0.25, 0.3) is 0 Å². The maximum absolute atomic E-state index is 6.40. The predicted octanol–water partition coefficient (Wildman–Crippen LogP) is 3.92. The summed E-state index contributed by atoms with van der Waals surface area (Å²) < 4.78 is 7.39. The fourth-order valence-corrected chi connectivity index (χ4v) is 2.88. The van der Waals surface area contributed by atoms with Crippen molar-refractivity contribution in [2.24, 2.45) is 0 Å². The van der Waals surface area contributed by atoms with Crippen molar-refractivity contribution >= 4 is 11.6 Å². The molecular formula is C16H22ClN3O. The van der Waals surface area contributed by atoms with Crippen LogP contribution in [0.5, 0.6) is 5.75 Å². The number of aromatic nitrogens is 3. The fourth-order valence-electron chi connectivity index (χ4n) is 2.72. The molecule has 4 nitrogen and oxygen atoms in total. The van der Waals surface area contributed by atoms with Gasteiger partial charge in [-0.3, -0.25) is 4.68 Å². The van der Waals surface area contributed by atoms with Crippen molar-refractivity contribution < 1.29 is 4.74 Å². The molecule has 1 atom stereocenters. The zero-order valence-corrected chi connectivity index (χ0v) is 14.0. The lowest BCUT2D eigenvalue weighted by Crippen LogP contribution is -2.05. The molecular weight excluding hydrogens is 286 g/mol. The van der Waals surface area contributed by atoms with E-state index < -0.39 is 0 Å². The molecule has 0 aliphatic rings. The molecule has 0 radical (unpaired) electrons. The Kier molecular flexibility index (Phi) is 4.88. The molecule has 2 rings (SSSR count). The van der Waals surface area contributed by atoms with E-state index in [4.69, 9.17) is 16.3 Å². The Morgan fingerprint density at radius 1 is 1.38 bits per heavy atom. The van der Waals surface area contributed by atoms with Gasteiger partial charge in [0.1, 0.15) is 5.75 Å². The average Bonchev–Trinajstić information content (AvgIpc) is 2.91. The van der Waals surface area contributed by atoms with E-state index in [9.17, 15) is 0 Å². The third-order valence-corrected chi connectivity index (χ3v) is 4.41. The summed E-state index contributed by atoms with van der Waals surface area (Å²) in [6.45, 7) is 9.10. The molecule has 5 heteroatoms. The number of halogens is 1. The first kappa shape index (κ1) is 15.8. The minimum absolute atomic E-state index is 0.264. The van der Waals surface area contributed by atoms with Crippen molar-refractivity contribution in [2.75, 3.05) is 7.11 Å². The summed E-state index contributed by atoms with van der Waals surface area (Å²) >= 11 is 6.40. The molecule has 2 aromatic rings. The number of hydrogen-bond acceptors (Lipinski definition) is 3. The van der Waals surface area contributed by atoms with E-state index in [-0.39, 0.29) is 5.92 Å². The molecule has 21 heavy (non-hydrogen) atoms. The van der Waals surface area contributed by atoms with Crippen molar-refractivity contribution in [3.8, 4) is 5.75 Å². The van der Waals surface area contributed by atoms with E-state index in [0.29, 0.717) is 0 Å². The molecule has 0 N–H and O–H groups in total. The third kappa shape index (κ3) is 3.21. The zero-order valence-electron chi connectivity index (χ0n) is 13.3. The molecule has 0 fully saturated rings. The summed E-state index contributed by atoms with van der Waals surface area (Å²) in [4.78, 5) is 0. The second-order valence-corrected chi connectivity index (χ2v) is 5.80. The summed E-state index contributed by atoms with van der Waals surface area (Å²) in [7, 11) is 1.70. The molecule has 0 bridgehead atoms. The Labute approximate surface area is 131 Å². The first-order valence-corrected chi connectivity index (χ1v) is 7.58. The van der Waals surface area contributed by atoms with Crippen LogP contribution in [0.15, 0.2) is 12.3 Å². The van der Waals surface area contributed by atoms with E-state index in [2.05, 4.69) is 24.2 Å². The van der Waals surface area contributed by atoms with Crippen LogP contribution >= 0.6 is 11.6 Å². The topological polar surface area (TPSA) is 39.9 Å². The van der Waals surface area contributed by atoms with Crippen molar-refractivity contribution in [1.29, 1.82) is 0 Å². The van der Waals surface area contributed by atoms with E-state index >= 15 is 0 Å². The number of hydrogen-bond donors (Lipinski definition) is 0. The highest BCUT2D eigenvalue weighted by Gasteiger charge is 2.19. The molecule has 1 aromatic heterocycles. The summed E-state index contributed by atoms with van der Waals surface area (Å²) in [6, 6.07) is 2.00. The van der Waals surface area contributed by atoms with Gasteiger partial charge in [-0.15, -0.1) is 5.10 Å². The monoisotopic (exact) mass is 307 g/mol. The molecule has 0 aliphatic heterocycles. The second-order valence-electron chi connectivity index (χ2n) is 5.42. The van der Waals surface area contributed by atoms with Crippen LogP contribution in [0.2, 0.25) is 5.02 Å². The van der Waals surface area contributed by atoms with Gasteiger partial charge < -0.3 is 4.74 Å². The maximum atomic E-state index is 6.40. The highest BCUT2D eigenvalue weighted by Crippen LogP contribution is 2.37. The number of methoxy groups -OCH3 is 1. The number of aryl methyl sites for hydroxylation is 2. The van der Waals surface area contributed by atoms with Gasteiger partial charge >= 0.3 is 0 Å². The van der Waals surface area contributed by atoms with Crippen molar-refractivity contribution in [3.63, 3.8) is 0 Å². The van der Waals surface area contributed by atoms with E-state index in [1.807, 2.05) is 30.8 Å². The molecule has 114 valence electrons. The quantitative estimate of drug-likeness (QED) is 0.840. The number of benzene rings is 1. The fraction of sp³-hybridized carbons (Fsp3) is 0.500. The SMILES string of the molecule is CCn1cc(CC(C)c2c(OC)cc(C)c(Cl)c2C)nn1. The number of ether oxygens (including phenoxy) is 1. The molecule has 0 saturated carbocycles. The van der Waals surface area contributed by atoms with Crippen LogP contribution < -0.4 is 4.74 Å². The van der Waals surface area contributed by atoms with E-state index in [1.54, 1.807) is 7.11 Å². The molecule has 0 aliphatic carbocycles. The van der Waals surface area contributed by atoms with Crippen molar-refractivity contribution in [1.82, 2.24) is 15.0 Å². The lowest BCUT2D eigenvalue weighted by molar-refractivity contribution is 0.405. The Morgan fingerprint density at radius 3 is 2.67 bits per heavy atom. The van der Waals surface area contributed by atoms with E-state index in [0.717, 1.165) is 46.1 Å². The average molecular weight is 308 g/mol. The molecule has 0 spiro atoms. The Morgan fingerprint density at radius 2 is 2.10 bits per heavy atom. The van der Waals surface area contributed by atoms with Gasteiger partial charge in [-0.05, 0) is 50.3 Å². The van der Waals surface area contributed by atoms with Crippen LogP contribution in [0.25, 0.3) is 0 Å². The van der Waals surface area contributed by atoms with Gasteiger partial charge in [-0.2, -0.15) is 0 Å². The smallest absolute Gasteiger partial charge is 0.122 e. The van der Waals surface area contributed by atoms with Gasteiger partial charge in [0.15, 0.2) is 0 Å². The number of rotatable bonds is 5. The second kappa shape index (κ2) is 6.48. The lowest BCUT2D eigenvalue weighted by Gasteiger charge is -2.20. The summed E-state index contributed by atoms with van der Waals surface area (Å²) in [5.41, 5.74) is 4.27. The van der Waals surface area contributed by atoms with E-state index in [1.165, 1.54) is 0 Å². The Balaban J connectivity index is 2.33. The summed E-state index contributed by atoms with van der Waals surface area (Å²) in [5.74, 6) is 1.16. The van der Waals surface area contributed by atoms with Crippen LogP contribution in [0, 0.1) is 13.8 Å². The van der Waals surface area contributed by atoms with Gasteiger partial charge in [0.2, 0.25) is 0 Å². The summed E-state index contributed by atoms with van der Waals surface area (Å²) in [6.07, 6.45) is 2.81. The molecule has 1 aromatic carbocycles. The Bertz CT molecular complexity index is 637. The molecule has 0 saturated heterocycles. The van der Waals surface area contributed by atoms with Crippen LogP contribution in [-0.4, -0.2) is 22.1 Å². The highest BCUT2D eigenvalue weighted by atomic mass is 35.5. The van der Waals surface area contributed by atoms with Crippen LogP contribution in [0.3, 0.4) is 0 Å². The zero-order chi connectivity index (χ0) is 15.6. The maximum Gasteiger partial charge on any atom is 0.122 e. The van der Waals surface area contributed by atoms with Crippen molar-refractivity contribution in [3.05, 3.63) is 39.7 Å². The third-order valence-electron chi connectivity index (χ3n) is 3.83. The summed E-state index contributed by atoms with van der Waals surface area (Å²) in [5, 5.41) is 9.12. The minimum Gasteiger partial charge on any atom is -0.496 e. The Hall–Kier alpha value is -1.55. The highest BCUT2D eigenvalue weighted by molar-refractivity contribution is 6.32. The molecule has 1 unspecified atom stereocenters. The largest absolute Gasteiger partial charge is 0.496 e. The standard InChI is InChI=1S/C16H22ClN3O/c1-6-20-9-13(18-19-20)7-10(2)15-12(4)16(17)11(3)8-14(15)21-5/h8-10H,6-7H2,1-5H3. The van der Waals surface area contributed by atoms with Crippen LogP contribution in [-0.2, 0) is 13.0 Å². The predicted molar refractivity (Wildman–Crippen MR) is 85.3 cm³/mol. The number of nitrogens with zero attached hydrogens (tertiary/aromatic N) is 3. The van der Waals surface area contributed by atoms with Gasteiger partial charge in [0.05, 0.1) is 12.8 Å². The van der Waals surface area contributed by atoms with Crippen molar-refractivity contribution in [2.45, 2.75) is 46.6 Å². The lowest BCUT2D eigenvalue weighted by atomic mass is 9.90. The van der Waals surface area contributed by atoms with Crippen LogP contribution in [0.4, 0.5) is 0 Å². The first-order valence-electron chi connectivity index (χ1n) is 7.20. The van der Waals surface area contributed by atoms with Gasteiger partial charge in [-0.1, -0.05) is 23.7 Å². The van der Waals surface area contributed by atoms with Crippen LogP contribution in [0.1, 0.15) is 42.1 Å². The van der Waals surface area contributed by atoms with Gasteiger partial charge in [0, 0.05) is 23.3 Å².